The zero-order chi connectivity index (χ0) is 17.2. The van der Waals surface area contributed by atoms with Crippen LogP contribution in [0.4, 0.5) is 10.7 Å². The third-order valence-corrected chi connectivity index (χ3v) is 4.23. The van der Waals surface area contributed by atoms with Crippen molar-refractivity contribution in [3.63, 3.8) is 0 Å². The van der Waals surface area contributed by atoms with Crippen LogP contribution >= 0.6 is 0 Å². The lowest BCUT2D eigenvalue weighted by molar-refractivity contribution is 0.129. The Morgan fingerprint density at radius 2 is 1.80 bits per heavy atom. The molecule has 1 amide bonds. The molecule has 0 unspecified atom stereocenters. The maximum atomic E-state index is 12.3. The SMILES string of the molecule is CCn1nnc(NC(=O)OC2c3ccccc3Cc3ccccc32)n1. The molecule has 0 atom stereocenters. The number of fused-ring (bicyclic) bond motifs is 2. The van der Waals surface area contributed by atoms with Crippen molar-refractivity contribution in [3.05, 3.63) is 70.8 Å². The van der Waals surface area contributed by atoms with Crippen molar-refractivity contribution in [2.45, 2.75) is 26.0 Å². The largest absolute Gasteiger partial charge is 0.436 e. The summed E-state index contributed by atoms with van der Waals surface area (Å²) in [6, 6.07) is 16.0. The van der Waals surface area contributed by atoms with E-state index in [1.54, 1.807) is 0 Å². The smallest absolute Gasteiger partial charge is 0.415 e. The summed E-state index contributed by atoms with van der Waals surface area (Å²) in [5.74, 6) is 0.129. The number of amides is 1. The van der Waals surface area contributed by atoms with Crippen molar-refractivity contribution in [1.29, 1.82) is 0 Å². The first-order valence-electron chi connectivity index (χ1n) is 8.15. The van der Waals surface area contributed by atoms with E-state index >= 15 is 0 Å². The minimum Gasteiger partial charge on any atom is -0.436 e. The van der Waals surface area contributed by atoms with Crippen LogP contribution in [-0.2, 0) is 17.7 Å². The Kier molecular flexibility index (Phi) is 3.89. The second-order valence-electron chi connectivity index (χ2n) is 5.79. The molecule has 0 aliphatic heterocycles. The van der Waals surface area contributed by atoms with Gasteiger partial charge in [0.05, 0.1) is 6.54 Å². The van der Waals surface area contributed by atoms with E-state index in [4.69, 9.17) is 4.74 Å². The third kappa shape index (κ3) is 2.96. The van der Waals surface area contributed by atoms with Crippen molar-refractivity contribution in [2.24, 2.45) is 0 Å². The van der Waals surface area contributed by atoms with Gasteiger partial charge in [0, 0.05) is 11.1 Å². The molecule has 0 saturated carbocycles. The van der Waals surface area contributed by atoms with E-state index in [2.05, 4.69) is 32.9 Å². The maximum Gasteiger partial charge on any atom is 0.415 e. The van der Waals surface area contributed by atoms with Crippen molar-refractivity contribution in [1.82, 2.24) is 20.2 Å². The molecule has 126 valence electrons. The van der Waals surface area contributed by atoms with Gasteiger partial charge in [-0.1, -0.05) is 53.6 Å². The Hall–Kier alpha value is -3.22. The van der Waals surface area contributed by atoms with E-state index in [-0.39, 0.29) is 5.95 Å². The van der Waals surface area contributed by atoms with E-state index < -0.39 is 12.2 Å². The summed E-state index contributed by atoms with van der Waals surface area (Å²) in [4.78, 5) is 13.7. The number of aromatic nitrogens is 4. The molecule has 1 aliphatic rings. The Bertz CT molecular complexity index is 876. The lowest BCUT2D eigenvalue weighted by Crippen LogP contribution is -2.23. The van der Waals surface area contributed by atoms with Gasteiger partial charge in [-0.2, -0.15) is 4.80 Å². The van der Waals surface area contributed by atoms with Gasteiger partial charge in [0.1, 0.15) is 0 Å². The summed E-state index contributed by atoms with van der Waals surface area (Å²) < 4.78 is 5.72. The molecular weight excluding hydrogens is 318 g/mol. The summed E-state index contributed by atoms with van der Waals surface area (Å²) in [7, 11) is 0. The quantitative estimate of drug-likeness (QED) is 0.796. The van der Waals surface area contributed by atoms with Crippen LogP contribution in [0.15, 0.2) is 48.5 Å². The van der Waals surface area contributed by atoms with Gasteiger partial charge < -0.3 is 4.74 Å². The van der Waals surface area contributed by atoms with Crippen LogP contribution in [0.1, 0.15) is 35.3 Å². The van der Waals surface area contributed by atoms with E-state index in [1.807, 2.05) is 43.3 Å². The number of carbonyl (C=O) groups excluding carboxylic acids is 1. The van der Waals surface area contributed by atoms with Crippen LogP contribution in [0, 0.1) is 0 Å². The first kappa shape index (κ1) is 15.3. The molecule has 0 fully saturated rings. The average Bonchev–Trinajstić information content (AvgIpc) is 3.09. The predicted octanol–water partition coefficient (Wildman–Crippen LogP) is 2.94. The number of rotatable bonds is 3. The molecule has 0 saturated heterocycles. The maximum absolute atomic E-state index is 12.3. The molecule has 3 aromatic rings. The first-order valence-corrected chi connectivity index (χ1v) is 8.15. The predicted molar refractivity (Wildman–Crippen MR) is 91.1 cm³/mol. The summed E-state index contributed by atoms with van der Waals surface area (Å²) in [5, 5.41) is 14.2. The van der Waals surface area contributed by atoms with Crippen LogP contribution in [-0.4, -0.2) is 26.3 Å². The molecule has 0 spiro atoms. The van der Waals surface area contributed by atoms with Crippen LogP contribution in [0.25, 0.3) is 0 Å². The molecule has 2 aromatic carbocycles. The topological polar surface area (TPSA) is 81.9 Å². The number of carbonyl (C=O) groups is 1. The molecule has 1 aromatic heterocycles. The summed E-state index contributed by atoms with van der Waals surface area (Å²) >= 11 is 0. The van der Waals surface area contributed by atoms with Crippen molar-refractivity contribution >= 4 is 12.0 Å². The monoisotopic (exact) mass is 335 g/mol. The minimum atomic E-state index is -0.604. The molecule has 1 aliphatic carbocycles. The third-order valence-electron chi connectivity index (χ3n) is 4.23. The van der Waals surface area contributed by atoms with Crippen molar-refractivity contribution in [2.75, 3.05) is 5.32 Å². The zero-order valence-corrected chi connectivity index (χ0v) is 13.7. The van der Waals surface area contributed by atoms with Gasteiger partial charge in [0.2, 0.25) is 0 Å². The van der Waals surface area contributed by atoms with Crippen molar-refractivity contribution < 1.29 is 9.53 Å². The number of ether oxygens (including phenoxy) is 1. The highest BCUT2D eigenvalue weighted by Gasteiger charge is 2.28. The van der Waals surface area contributed by atoms with Crippen molar-refractivity contribution in [3.8, 4) is 0 Å². The number of nitrogens with zero attached hydrogens (tertiary/aromatic N) is 4. The van der Waals surface area contributed by atoms with Gasteiger partial charge in [-0.3, -0.25) is 5.32 Å². The summed E-state index contributed by atoms with van der Waals surface area (Å²) in [6.45, 7) is 2.47. The fourth-order valence-corrected chi connectivity index (χ4v) is 3.06. The van der Waals surface area contributed by atoms with Gasteiger partial charge in [-0.05, 0) is 29.7 Å². The van der Waals surface area contributed by atoms with Crippen LogP contribution in [0.3, 0.4) is 0 Å². The number of anilines is 1. The van der Waals surface area contributed by atoms with E-state index in [9.17, 15) is 4.79 Å². The normalized spacial score (nSPS) is 13.0. The molecule has 7 heteroatoms. The molecule has 0 radical (unpaired) electrons. The fraction of sp³-hybridized carbons (Fsp3) is 0.222. The Morgan fingerprint density at radius 3 is 2.40 bits per heavy atom. The first-order chi connectivity index (χ1) is 12.2. The standard InChI is InChI=1S/C18H17N5O2/c1-2-23-21-17(20-22-23)19-18(24)25-16-14-9-5-3-7-12(14)11-13-8-4-6-10-15(13)16/h3-10,16H,2,11H2,1H3,(H,19,21,24). The Balaban J connectivity index is 1.60. The zero-order valence-electron chi connectivity index (χ0n) is 13.7. The molecule has 4 rings (SSSR count). The molecule has 7 nitrogen and oxygen atoms in total. The molecule has 1 heterocycles. The van der Waals surface area contributed by atoms with Gasteiger partial charge in [0.25, 0.3) is 5.95 Å². The van der Waals surface area contributed by atoms with Gasteiger partial charge in [-0.15, -0.1) is 5.10 Å². The molecule has 1 N–H and O–H groups in total. The van der Waals surface area contributed by atoms with Crippen LogP contribution in [0.5, 0.6) is 0 Å². The van der Waals surface area contributed by atoms with Crippen LogP contribution in [0.2, 0.25) is 0 Å². The lowest BCUT2D eigenvalue weighted by atomic mass is 9.84. The number of hydrogen-bond acceptors (Lipinski definition) is 5. The number of aryl methyl sites for hydroxylation is 1. The molecule has 0 bridgehead atoms. The summed E-state index contributed by atoms with van der Waals surface area (Å²) in [6.07, 6.45) is -0.227. The summed E-state index contributed by atoms with van der Waals surface area (Å²) in [5.41, 5.74) is 4.33. The van der Waals surface area contributed by atoms with E-state index in [0.29, 0.717) is 6.54 Å². The van der Waals surface area contributed by atoms with E-state index in [1.165, 1.54) is 4.80 Å². The second-order valence-corrected chi connectivity index (χ2v) is 5.79. The lowest BCUT2D eigenvalue weighted by Gasteiger charge is -2.28. The molecule has 25 heavy (non-hydrogen) atoms. The number of tetrazole rings is 1. The van der Waals surface area contributed by atoms with Gasteiger partial charge >= 0.3 is 6.09 Å². The number of benzene rings is 2. The highest BCUT2D eigenvalue weighted by molar-refractivity contribution is 5.82. The second kappa shape index (κ2) is 6.35. The highest BCUT2D eigenvalue weighted by Crippen LogP contribution is 2.37. The van der Waals surface area contributed by atoms with E-state index in [0.717, 1.165) is 28.7 Å². The Labute approximate surface area is 144 Å². The molecular formula is C18H17N5O2. The Morgan fingerprint density at radius 1 is 1.16 bits per heavy atom. The van der Waals surface area contributed by atoms with Gasteiger partial charge in [0.15, 0.2) is 6.10 Å². The fourth-order valence-electron chi connectivity index (χ4n) is 3.06. The number of nitrogens with one attached hydrogen (secondary N) is 1. The average molecular weight is 335 g/mol. The van der Waals surface area contributed by atoms with Gasteiger partial charge in [-0.25, -0.2) is 4.79 Å². The van der Waals surface area contributed by atoms with Crippen LogP contribution < -0.4 is 5.32 Å². The highest BCUT2D eigenvalue weighted by atomic mass is 16.6. The number of hydrogen-bond donors (Lipinski definition) is 1. The minimum absolute atomic E-state index is 0.129.